The van der Waals surface area contributed by atoms with Gasteiger partial charge in [-0.3, -0.25) is 9.36 Å². The van der Waals surface area contributed by atoms with Crippen molar-refractivity contribution in [2.24, 2.45) is 0 Å². The van der Waals surface area contributed by atoms with Crippen molar-refractivity contribution in [2.45, 2.75) is 52.1 Å². The van der Waals surface area contributed by atoms with Crippen LogP contribution in [0.1, 0.15) is 45.6 Å². The molecule has 4 rings (SSSR count). The number of nitrogens with zero attached hydrogens (tertiary/aromatic N) is 4. The Bertz CT molecular complexity index is 1430. The highest BCUT2D eigenvalue weighted by Crippen LogP contribution is 2.22. The highest BCUT2D eigenvalue weighted by atomic mass is 16.6. The van der Waals surface area contributed by atoms with Crippen LogP contribution in [0.15, 0.2) is 61.1 Å². The van der Waals surface area contributed by atoms with Crippen LogP contribution in [0.5, 0.6) is 5.75 Å². The van der Waals surface area contributed by atoms with Gasteiger partial charge in [-0.1, -0.05) is 12.1 Å². The lowest BCUT2D eigenvalue weighted by molar-refractivity contribution is -0.137. The number of aromatic nitrogens is 4. The molecule has 4 aromatic rings. The number of alkyl carbamates (subject to hydrolysis) is 1. The molecule has 2 heterocycles. The number of nitrogens with one attached hydrogen (secondary N) is 2. The molecule has 0 saturated carbocycles. The van der Waals surface area contributed by atoms with Gasteiger partial charge in [0.25, 0.3) is 0 Å². The van der Waals surface area contributed by atoms with E-state index in [4.69, 9.17) is 14.6 Å². The number of amides is 1. The first-order valence-corrected chi connectivity index (χ1v) is 13.1. The van der Waals surface area contributed by atoms with Crippen LogP contribution in [0, 0.1) is 0 Å². The number of benzene rings is 2. The molecule has 0 fully saturated rings. The predicted octanol–water partition coefficient (Wildman–Crippen LogP) is 5.26. The number of anilines is 2. The zero-order chi connectivity index (χ0) is 28.5. The molecular weight excluding hydrogens is 512 g/mol. The fraction of sp³-hybridized carbons (Fsp3) is 0.345. The molecule has 0 saturated heterocycles. The van der Waals surface area contributed by atoms with Crippen LogP contribution < -0.4 is 15.4 Å². The number of fused-ring (bicyclic) bond motifs is 1. The Balaban J connectivity index is 1.32. The topological polar surface area (TPSA) is 140 Å². The van der Waals surface area contributed by atoms with Gasteiger partial charge >= 0.3 is 12.1 Å². The quantitative estimate of drug-likeness (QED) is 0.203. The summed E-state index contributed by atoms with van der Waals surface area (Å²) in [4.78, 5) is 35.9. The number of hydrogen-bond acceptors (Lipinski definition) is 8. The number of carboxylic acid groups (broad SMARTS) is 1. The van der Waals surface area contributed by atoms with Gasteiger partial charge in [0.2, 0.25) is 5.95 Å². The minimum absolute atomic E-state index is 0.0778. The van der Waals surface area contributed by atoms with E-state index in [1.807, 2.05) is 73.9 Å². The van der Waals surface area contributed by atoms with Crippen LogP contribution in [0.4, 0.5) is 16.4 Å². The van der Waals surface area contributed by atoms with Gasteiger partial charge in [-0.05, 0) is 82.0 Å². The van der Waals surface area contributed by atoms with Gasteiger partial charge in [0.1, 0.15) is 23.2 Å². The summed E-state index contributed by atoms with van der Waals surface area (Å²) in [6.07, 6.45) is 5.12. The highest BCUT2D eigenvalue weighted by Gasteiger charge is 2.15. The number of carboxylic acids is 1. The fourth-order valence-electron chi connectivity index (χ4n) is 3.86. The summed E-state index contributed by atoms with van der Waals surface area (Å²) in [7, 11) is 0. The molecule has 0 unspecified atom stereocenters. The molecule has 0 aliphatic rings. The number of imidazole rings is 1. The van der Waals surface area contributed by atoms with Gasteiger partial charge in [-0.15, -0.1) is 0 Å². The summed E-state index contributed by atoms with van der Waals surface area (Å²) in [5.41, 5.74) is 3.67. The molecule has 0 radical (unpaired) electrons. The van der Waals surface area contributed by atoms with E-state index in [1.54, 1.807) is 12.5 Å². The van der Waals surface area contributed by atoms with E-state index in [9.17, 15) is 9.59 Å². The van der Waals surface area contributed by atoms with E-state index < -0.39 is 17.7 Å². The summed E-state index contributed by atoms with van der Waals surface area (Å²) in [5.74, 6) is 0.278. The molecule has 2 aromatic heterocycles. The lowest BCUT2D eigenvalue weighted by atomic mass is 10.1. The number of ether oxygens (including phenoxy) is 2. The molecule has 3 N–H and O–H groups in total. The second kappa shape index (κ2) is 12.9. The Labute approximate surface area is 232 Å². The molecule has 1 amide bonds. The SMILES string of the molecule is CC(C)(C)OC(=O)NCCCc1ccc(Nc2ncc3ncn(-c4ccc(OCCCC(=O)O)cc4)c3n2)cc1. The van der Waals surface area contributed by atoms with Crippen LogP contribution in [-0.2, 0) is 16.0 Å². The smallest absolute Gasteiger partial charge is 0.407 e. The minimum atomic E-state index is -0.833. The number of carbonyl (C=O) groups is 2. The van der Waals surface area contributed by atoms with Gasteiger partial charge in [-0.25, -0.2) is 14.8 Å². The van der Waals surface area contributed by atoms with Crippen molar-refractivity contribution < 1.29 is 24.2 Å². The minimum Gasteiger partial charge on any atom is -0.494 e. The predicted molar refractivity (Wildman–Crippen MR) is 151 cm³/mol. The maximum absolute atomic E-state index is 11.8. The maximum Gasteiger partial charge on any atom is 0.407 e. The average molecular weight is 547 g/mol. The Hall–Kier alpha value is -4.67. The normalized spacial score (nSPS) is 11.3. The van der Waals surface area contributed by atoms with E-state index in [0.717, 1.165) is 29.8 Å². The molecule has 0 aliphatic heterocycles. The fourth-order valence-corrected chi connectivity index (χ4v) is 3.86. The van der Waals surface area contributed by atoms with E-state index in [0.29, 0.717) is 42.4 Å². The van der Waals surface area contributed by atoms with Crippen LogP contribution in [0.25, 0.3) is 16.9 Å². The molecule has 0 atom stereocenters. The van der Waals surface area contributed by atoms with E-state index in [-0.39, 0.29) is 6.42 Å². The van der Waals surface area contributed by atoms with Crippen molar-refractivity contribution in [2.75, 3.05) is 18.5 Å². The second-order valence-corrected chi connectivity index (χ2v) is 10.2. The second-order valence-electron chi connectivity index (χ2n) is 10.2. The Morgan fingerprint density at radius 3 is 2.45 bits per heavy atom. The largest absolute Gasteiger partial charge is 0.494 e. The van der Waals surface area contributed by atoms with Gasteiger partial charge in [-0.2, -0.15) is 4.98 Å². The average Bonchev–Trinajstić information content (AvgIpc) is 3.33. The Morgan fingerprint density at radius 1 is 1.00 bits per heavy atom. The summed E-state index contributed by atoms with van der Waals surface area (Å²) in [6.45, 7) is 6.40. The molecule has 0 spiro atoms. The lowest BCUT2D eigenvalue weighted by Crippen LogP contribution is -2.33. The van der Waals surface area contributed by atoms with E-state index in [2.05, 4.69) is 25.6 Å². The molecule has 2 aromatic carbocycles. The zero-order valence-corrected chi connectivity index (χ0v) is 22.9. The summed E-state index contributed by atoms with van der Waals surface area (Å²) < 4.78 is 12.7. The molecule has 0 bridgehead atoms. The monoisotopic (exact) mass is 546 g/mol. The summed E-state index contributed by atoms with van der Waals surface area (Å²) >= 11 is 0. The summed E-state index contributed by atoms with van der Waals surface area (Å²) in [6, 6.07) is 15.4. The molecule has 0 aliphatic carbocycles. The maximum atomic E-state index is 11.8. The van der Waals surface area contributed by atoms with Crippen LogP contribution in [0.3, 0.4) is 0 Å². The van der Waals surface area contributed by atoms with Crippen LogP contribution in [-0.4, -0.2) is 55.4 Å². The van der Waals surface area contributed by atoms with E-state index >= 15 is 0 Å². The molecular formula is C29H34N6O5. The first kappa shape index (κ1) is 28.3. The number of hydrogen-bond donors (Lipinski definition) is 3. The Kier molecular flexibility index (Phi) is 9.15. The van der Waals surface area contributed by atoms with Gasteiger partial charge in [0.05, 0.1) is 12.8 Å². The van der Waals surface area contributed by atoms with Crippen molar-refractivity contribution in [3.63, 3.8) is 0 Å². The van der Waals surface area contributed by atoms with Crippen molar-refractivity contribution in [1.82, 2.24) is 24.8 Å². The first-order chi connectivity index (χ1) is 19.2. The zero-order valence-electron chi connectivity index (χ0n) is 22.9. The van der Waals surface area contributed by atoms with Crippen molar-refractivity contribution in [1.29, 1.82) is 0 Å². The molecule has 40 heavy (non-hydrogen) atoms. The highest BCUT2D eigenvalue weighted by molar-refractivity contribution is 5.74. The summed E-state index contributed by atoms with van der Waals surface area (Å²) in [5, 5.41) is 14.8. The van der Waals surface area contributed by atoms with E-state index in [1.165, 1.54) is 0 Å². The van der Waals surface area contributed by atoms with Gasteiger partial charge in [0.15, 0.2) is 5.65 Å². The molecule has 11 heteroatoms. The number of aryl methyl sites for hydroxylation is 1. The van der Waals surface area contributed by atoms with Gasteiger partial charge < -0.3 is 25.2 Å². The molecule has 11 nitrogen and oxygen atoms in total. The number of rotatable bonds is 12. The van der Waals surface area contributed by atoms with Crippen molar-refractivity contribution in [3.8, 4) is 11.4 Å². The third kappa shape index (κ3) is 8.42. The Morgan fingerprint density at radius 2 is 1.75 bits per heavy atom. The first-order valence-electron chi connectivity index (χ1n) is 13.1. The third-order valence-corrected chi connectivity index (χ3v) is 5.73. The lowest BCUT2D eigenvalue weighted by Gasteiger charge is -2.19. The van der Waals surface area contributed by atoms with Crippen molar-refractivity contribution >= 4 is 34.9 Å². The van der Waals surface area contributed by atoms with Crippen LogP contribution in [0.2, 0.25) is 0 Å². The van der Waals surface area contributed by atoms with Crippen LogP contribution >= 0.6 is 0 Å². The standard InChI is InChI=1S/C29H34N6O5/c1-29(2,3)40-28(38)30-16-4-6-20-8-10-21(11-9-20)33-27-31-18-24-26(34-27)35(19-32-24)22-12-14-23(15-13-22)39-17-5-7-25(36)37/h8-15,18-19H,4-7,16-17H2,1-3H3,(H,30,38)(H,36,37)(H,31,33,34). The molecule has 210 valence electrons. The van der Waals surface area contributed by atoms with Crippen molar-refractivity contribution in [3.05, 3.63) is 66.6 Å². The number of aliphatic carboxylic acids is 1. The number of carbonyl (C=O) groups excluding carboxylic acids is 1. The third-order valence-electron chi connectivity index (χ3n) is 5.73. The van der Waals surface area contributed by atoms with Gasteiger partial charge in [0, 0.05) is 24.3 Å².